The van der Waals surface area contributed by atoms with Gasteiger partial charge in [0.25, 0.3) is 0 Å². The fourth-order valence-corrected chi connectivity index (χ4v) is 2.61. The summed E-state index contributed by atoms with van der Waals surface area (Å²) in [7, 11) is 2.17. The van der Waals surface area contributed by atoms with E-state index in [1.165, 1.54) is 37.9 Å². The van der Waals surface area contributed by atoms with E-state index in [-0.39, 0.29) is 0 Å². The first-order valence-corrected chi connectivity index (χ1v) is 7.25. The van der Waals surface area contributed by atoms with E-state index in [2.05, 4.69) is 57.5 Å². The molecule has 0 saturated carbocycles. The van der Waals surface area contributed by atoms with Gasteiger partial charge in [-0.15, -0.1) is 0 Å². The largest absolute Gasteiger partial charge is 0.375 e. The number of benzene rings is 1. The van der Waals surface area contributed by atoms with Crippen molar-refractivity contribution in [3.8, 4) is 0 Å². The van der Waals surface area contributed by atoms with Gasteiger partial charge in [-0.1, -0.05) is 22.4 Å². The maximum atomic E-state index is 3.60. The van der Waals surface area contributed by atoms with Crippen molar-refractivity contribution in [1.29, 1.82) is 0 Å². The van der Waals surface area contributed by atoms with Gasteiger partial charge in [0.15, 0.2) is 0 Å². The first kappa shape index (κ1) is 12.9. The van der Waals surface area contributed by atoms with Crippen LogP contribution in [0.1, 0.15) is 25.7 Å². The summed E-state index contributed by atoms with van der Waals surface area (Å²) in [4.78, 5) is 2.34. The number of piperidine rings is 1. The minimum Gasteiger partial charge on any atom is -0.375 e. The summed E-state index contributed by atoms with van der Waals surface area (Å²) in [5.41, 5.74) is 1.30. The van der Waals surface area contributed by atoms with Gasteiger partial charge in [0, 0.05) is 29.8 Å². The molecule has 1 aliphatic heterocycles. The molecule has 1 aromatic carbocycles. The summed E-state index contributed by atoms with van der Waals surface area (Å²) in [5.74, 6) is 0. The monoisotopic (exact) mass is 296 g/mol. The standard InChI is InChI=1S/C14H21BrN2/c1-17(14-7-5-12(15)6-8-14)11-9-13-4-2-3-10-16-13/h5-8,13,16H,2-4,9-11H2,1H3. The molecule has 1 unspecified atom stereocenters. The second-order valence-electron chi connectivity index (χ2n) is 4.83. The Kier molecular flexibility index (Phi) is 4.86. The molecular formula is C14H21BrN2. The van der Waals surface area contributed by atoms with Gasteiger partial charge >= 0.3 is 0 Å². The van der Waals surface area contributed by atoms with Crippen LogP contribution in [0, 0.1) is 0 Å². The van der Waals surface area contributed by atoms with Crippen molar-refractivity contribution in [2.75, 3.05) is 25.0 Å². The van der Waals surface area contributed by atoms with E-state index in [4.69, 9.17) is 0 Å². The zero-order valence-electron chi connectivity index (χ0n) is 10.5. The molecule has 0 bridgehead atoms. The van der Waals surface area contributed by atoms with E-state index in [0.717, 1.165) is 17.1 Å². The second-order valence-corrected chi connectivity index (χ2v) is 5.75. The topological polar surface area (TPSA) is 15.3 Å². The van der Waals surface area contributed by atoms with Crippen molar-refractivity contribution in [2.45, 2.75) is 31.7 Å². The van der Waals surface area contributed by atoms with Crippen LogP contribution in [0.4, 0.5) is 5.69 Å². The smallest absolute Gasteiger partial charge is 0.0364 e. The zero-order chi connectivity index (χ0) is 12.1. The molecule has 0 amide bonds. The van der Waals surface area contributed by atoms with Gasteiger partial charge in [0.2, 0.25) is 0 Å². The molecule has 1 aromatic rings. The molecule has 0 aliphatic carbocycles. The lowest BCUT2D eigenvalue weighted by molar-refractivity contribution is 0.384. The average molecular weight is 297 g/mol. The normalized spacial score (nSPS) is 20.2. The number of anilines is 1. The van der Waals surface area contributed by atoms with Crippen molar-refractivity contribution in [3.05, 3.63) is 28.7 Å². The van der Waals surface area contributed by atoms with Crippen molar-refractivity contribution < 1.29 is 0 Å². The quantitative estimate of drug-likeness (QED) is 0.916. The third-order valence-corrected chi connectivity index (χ3v) is 4.02. The van der Waals surface area contributed by atoms with E-state index >= 15 is 0 Å². The predicted molar refractivity (Wildman–Crippen MR) is 77.7 cm³/mol. The van der Waals surface area contributed by atoms with Gasteiger partial charge in [0.1, 0.15) is 0 Å². The van der Waals surface area contributed by atoms with Gasteiger partial charge in [-0.05, 0) is 50.1 Å². The van der Waals surface area contributed by atoms with Crippen molar-refractivity contribution in [2.24, 2.45) is 0 Å². The highest BCUT2D eigenvalue weighted by molar-refractivity contribution is 9.10. The van der Waals surface area contributed by atoms with E-state index in [1.54, 1.807) is 0 Å². The number of nitrogens with one attached hydrogen (secondary N) is 1. The Balaban J connectivity index is 1.80. The highest BCUT2D eigenvalue weighted by Gasteiger charge is 2.12. The number of halogens is 1. The summed E-state index contributed by atoms with van der Waals surface area (Å²) in [6.45, 7) is 2.33. The predicted octanol–water partition coefficient (Wildman–Crippen LogP) is 3.42. The number of nitrogens with zero attached hydrogens (tertiary/aromatic N) is 1. The third-order valence-electron chi connectivity index (χ3n) is 3.49. The van der Waals surface area contributed by atoms with E-state index < -0.39 is 0 Å². The summed E-state index contributed by atoms with van der Waals surface area (Å²) >= 11 is 3.47. The summed E-state index contributed by atoms with van der Waals surface area (Å²) in [5, 5.41) is 3.60. The van der Waals surface area contributed by atoms with Crippen LogP contribution in [0.15, 0.2) is 28.7 Å². The summed E-state index contributed by atoms with van der Waals surface area (Å²) in [6, 6.07) is 9.26. The van der Waals surface area contributed by atoms with Crippen LogP contribution in [0.2, 0.25) is 0 Å². The maximum Gasteiger partial charge on any atom is 0.0364 e. The average Bonchev–Trinajstić information content (AvgIpc) is 2.38. The van der Waals surface area contributed by atoms with Crippen LogP contribution in [0.3, 0.4) is 0 Å². The van der Waals surface area contributed by atoms with Gasteiger partial charge in [0.05, 0.1) is 0 Å². The molecule has 1 heterocycles. The lowest BCUT2D eigenvalue weighted by Crippen LogP contribution is -2.36. The van der Waals surface area contributed by atoms with Crippen LogP contribution >= 0.6 is 15.9 Å². The van der Waals surface area contributed by atoms with Crippen LogP contribution in [0.5, 0.6) is 0 Å². The van der Waals surface area contributed by atoms with Gasteiger partial charge in [-0.2, -0.15) is 0 Å². The molecule has 1 atom stereocenters. The molecule has 1 N–H and O–H groups in total. The first-order valence-electron chi connectivity index (χ1n) is 6.46. The van der Waals surface area contributed by atoms with E-state index in [9.17, 15) is 0 Å². The Labute approximate surface area is 113 Å². The lowest BCUT2D eigenvalue weighted by Gasteiger charge is -2.26. The van der Waals surface area contributed by atoms with Crippen LogP contribution < -0.4 is 10.2 Å². The third kappa shape index (κ3) is 4.00. The minimum atomic E-state index is 0.724. The Bertz CT molecular complexity index is 331. The summed E-state index contributed by atoms with van der Waals surface area (Å²) in [6.07, 6.45) is 5.32. The van der Waals surface area contributed by atoms with Crippen molar-refractivity contribution in [3.63, 3.8) is 0 Å². The molecule has 3 heteroatoms. The lowest BCUT2D eigenvalue weighted by atomic mass is 10.0. The molecule has 1 aliphatic rings. The van der Waals surface area contributed by atoms with E-state index in [1.807, 2.05) is 0 Å². The molecule has 1 saturated heterocycles. The molecule has 2 nitrogen and oxygen atoms in total. The van der Waals surface area contributed by atoms with Crippen molar-refractivity contribution in [1.82, 2.24) is 5.32 Å². The molecular weight excluding hydrogens is 276 g/mol. The van der Waals surface area contributed by atoms with E-state index in [0.29, 0.717) is 0 Å². The fourth-order valence-electron chi connectivity index (χ4n) is 2.34. The molecule has 17 heavy (non-hydrogen) atoms. The maximum absolute atomic E-state index is 3.60. The number of rotatable bonds is 4. The first-order chi connectivity index (χ1) is 8.25. The van der Waals surface area contributed by atoms with Gasteiger partial charge in [-0.3, -0.25) is 0 Å². The minimum absolute atomic E-state index is 0.724. The van der Waals surface area contributed by atoms with Crippen LogP contribution in [-0.2, 0) is 0 Å². The fraction of sp³-hybridized carbons (Fsp3) is 0.571. The molecule has 0 aromatic heterocycles. The SMILES string of the molecule is CN(CCC1CCCCN1)c1ccc(Br)cc1. The highest BCUT2D eigenvalue weighted by atomic mass is 79.9. The molecule has 0 radical (unpaired) electrons. The highest BCUT2D eigenvalue weighted by Crippen LogP contribution is 2.18. The zero-order valence-corrected chi connectivity index (χ0v) is 12.0. The Morgan fingerprint density at radius 1 is 1.29 bits per heavy atom. The van der Waals surface area contributed by atoms with Crippen LogP contribution in [0.25, 0.3) is 0 Å². The van der Waals surface area contributed by atoms with Crippen LogP contribution in [-0.4, -0.2) is 26.2 Å². The molecule has 0 spiro atoms. The second kappa shape index (κ2) is 6.41. The Morgan fingerprint density at radius 3 is 2.71 bits per heavy atom. The van der Waals surface area contributed by atoms with Crippen molar-refractivity contribution >= 4 is 21.6 Å². The molecule has 2 rings (SSSR count). The summed E-state index contributed by atoms with van der Waals surface area (Å²) < 4.78 is 1.14. The molecule has 94 valence electrons. The number of hydrogen-bond acceptors (Lipinski definition) is 2. The number of hydrogen-bond donors (Lipinski definition) is 1. The van der Waals surface area contributed by atoms with Gasteiger partial charge in [-0.25, -0.2) is 0 Å². The molecule has 1 fully saturated rings. The Morgan fingerprint density at radius 2 is 2.06 bits per heavy atom. The Hall–Kier alpha value is -0.540. The van der Waals surface area contributed by atoms with Gasteiger partial charge < -0.3 is 10.2 Å².